The second-order valence-electron chi connectivity index (χ2n) is 3.39. The van der Waals surface area contributed by atoms with E-state index in [4.69, 9.17) is 0 Å². The highest BCUT2D eigenvalue weighted by atomic mass is 79.9. The van der Waals surface area contributed by atoms with Crippen molar-refractivity contribution >= 4 is 43.2 Å². The summed E-state index contributed by atoms with van der Waals surface area (Å²) in [7, 11) is 3.98. The van der Waals surface area contributed by atoms with Crippen molar-refractivity contribution in [3.05, 3.63) is 29.8 Å². The Bertz CT molecular complexity index is 311. The minimum Gasteiger partial charge on any atom is -0.370 e. The molecule has 2 rings (SSSR count). The number of hydrogen-bond acceptors (Lipinski definition) is 3. The Morgan fingerprint density at radius 2 is 1.80 bits per heavy atom. The lowest BCUT2D eigenvalue weighted by molar-refractivity contribution is 0.879. The number of nitrogens with zero attached hydrogens (tertiary/aromatic N) is 1. The highest BCUT2D eigenvalue weighted by Crippen LogP contribution is 2.29. The van der Waals surface area contributed by atoms with E-state index < -0.39 is 0 Å². The molecule has 4 heteroatoms. The highest BCUT2D eigenvalue weighted by Gasteiger charge is 2.12. The van der Waals surface area contributed by atoms with Crippen LogP contribution in [-0.4, -0.2) is 24.6 Å². The first kappa shape index (κ1) is 11.7. The fraction of sp³-hybridized carbons (Fsp3) is 0.455. The number of para-hydroxylation sites is 1. The van der Waals surface area contributed by atoms with E-state index in [0.29, 0.717) is 0 Å². The van der Waals surface area contributed by atoms with E-state index in [9.17, 15) is 0 Å². The SMILES string of the molecule is BrCc1ccccc1N1CCSSCC1. The molecule has 0 bridgehead atoms. The van der Waals surface area contributed by atoms with Gasteiger partial charge in [0.1, 0.15) is 0 Å². The topological polar surface area (TPSA) is 3.24 Å². The monoisotopic (exact) mass is 303 g/mol. The minimum absolute atomic E-state index is 0.944. The molecule has 0 aromatic heterocycles. The summed E-state index contributed by atoms with van der Waals surface area (Å²) >= 11 is 3.56. The molecule has 1 fully saturated rings. The summed E-state index contributed by atoms with van der Waals surface area (Å²) in [6, 6.07) is 8.68. The van der Waals surface area contributed by atoms with E-state index in [0.717, 1.165) is 5.33 Å². The molecule has 82 valence electrons. The molecule has 1 heterocycles. The molecule has 1 aliphatic heterocycles. The van der Waals surface area contributed by atoms with Crippen LogP contribution in [0.15, 0.2) is 24.3 Å². The van der Waals surface area contributed by atoms with Crippen LogP contribution in [0.5, 0.6) is 0 Å². The molecular formula is C11H14BrNS2. The lowest BCUT2D eigenvalue weighted by atomic mass is 10.2. The first-order chi connectivity index (χ1) is 7.42. The quantitative estimate of drug-likeness (QED) is 0.604. The molecule has 1 saturated heterocycles. The lowest BCUT2D eigenvalue weighted by Crippen LogP contribution is -2.27. The van der Waals surface area contributed by atoms with Gasteiger partial charge in [0.25, 0.3) is 0 Å². The molecule has 0 N–H and O–H groups in total. The average molecular weight is 304 g/mol. The maximum atomic E-state index is 3.56. The Hall–Kier alpha value is 0.200. The Kier molecular flexibility index (Phi) is 4.72. The first-order valence-electron chi connectivity index (χ1n) is 5.05. The standard InChI is InChI=1S/C11H14BrNS2/c12-9-10-3-1-2-4-11(10)13-5-7-14-15-8-6-13/h1-4H,5-9H2. The van der Waals surface area contributed by atoms with E-state index in [1.165, 1.54) is 35.8 Å². The molecule has 1 nitrogen and oxygen atoms in total. The molecule has 0 saturated carbocycles. The largest absolute Gasteiger partial charge is 0.370 e. The third-order valence-electron chi connectivity index (χ3n) is 2.45. The average Bonchev–Trinajstić information content (AvgIpc) is 2.57. The summed E-state index contributed by atoms with van der Waals surface area (Å²) in [6.07, 6.45) is 0. The van der Waals surface area contributed by atoms with Gasteiger partial charge < -0.3 is 4.90 Å². The van der Waals surface area contributed by atoms with Crippen LogP contribution in [0.3, 0.4) is 0 Å². The van der Waals surface area contributed by atoms with Crippen molar-refractivity contribution in [2.45, 2.75) is 5.33 Å². The number of hydrogen-bond donors (Lipinski definition) is 0. The minimum atomic E-state index is 0.944. The van der Waals surface area contributed by atoms with E-state index in [1.807, 2.05) is 21.6 Å². The third-order valence-corrected chi connectivity index (χ3v) is 5.42. The molecular weight excluding hydrogens is 290 g/mol. The van der Waals surface area contributed by atoms with Gasteiger partial charge in [-0.15, -0.1) is 0 Å². The van der Waals surface area contributed by atoms with Gasteiger partial charge in [-0.2, -0.15) is 0 Å². The smallest absolute Gasteiger partial charge is 0.0407 e. The zero-order valence-electron chi connectivity index (χ0n) is 8.49. The number of benzene rings is 1. The van der Waals surface area contributed by atoms with Gasteiger partial charge >= 0.3 is 0 Å². The summed E-state index contributed by atoms with van der Waals surface area (Å²) in [4.78, 5) is 2.50. The van der Waals surface area contributed by atoms with Gasteiger partial charge in [-0.05, 0) is 11.6 Å². The molecule has 0 aliphatic carbocycles. The fourth-order valence-corrected chi connectivity index (χ4v) is 4.15. The second-order valence-corrected chi connectivity index (χ2v) is 6.66. The number of rotatable bonds is 2. The molecule has 15 heavy (non-hydrogen) atoms. The summed E-state index contributed by atoms with van der Waals surface area (Å²) in [5, 5.41) is 0.944. The van der Waals surface area contributed by atoms with Crippen molar-refractivity contribution in [3.63, 3.8) is 0 Å². The molecule has 1 aromatic carbocycles. The van der Waals surface area contributed by atoms with Crippen LogP contribution in [0, 0.1) is 0 Å². The van der Waals surface area contributed by atoms with Gasteiger partial charge in [-0.3, -0.25) is 0 Å². The molecule has 0 amide bonds. The Morgan fingerprint density at radius 1 is 1.13 bits per heavy atom. The Labute approximate surface area is 108 Å². The van der Waals surface area contributed by atoms with Gasteiger partial charge in [-0.25, -0.2) is 0 Å². The number of anilines is 1. The van der Waals surface area contributed by atoms with Crippen LogP contribution in [-0.2, 0) is 5.33 Å². The van der Waals surface area contributed by atoms with E-state index >= 15 is 0 Å². The van der Waals surface area contributed by atoms with Gasteiger partial charge in [0.2, 0.25) is 0 Å². The van der Waals surface area contributed by atoms with E-state index in [1.54, 1.807) is 0 Å². The molecule has 0 radical (unpaired) electrons. The van der Waals surface area contributed by atoms with Crippen molar-refractivity contribution in [2.75, 3.05) is 29.5 Å². The summed E-state index contributed by atoms with van der Waals surface area (Å²) in [5.74, 6) is 2.45. The summed E-state index contributed by atoms with van der Waals surface area (Å²) in [6.45, 7) is 2.34. The third kappa shape index (κ3) is 3.08. The molecule has 0 unspecified atom stereocenters. The zero-order chi connectivity index (χ0) is 10.5. The van der Waals surface area contributed by atoms with Crippen molar-refractivity contribution in [1.29, 1.82) is 0 Å². The molecule has 0 atom stereocenters. The van der Waals surface area contributed by atoms with Crippen molar-refractivity contribution in [1.82, 2.24) is 0 Å². The van der Waals surface area contributed by atoms with Crippen LogP contribution in [0.25, 0.3) is 0 Å². The number of alkyl halides is 1. The zero-order valence-corrected chi connectivity index (χ0v) is 11.7. The second kappa shape index (κ2) is 6.06. The highest BCUT2D eigenvalue weighted by molar-refractivity contribution is 9.08. The van der Waals surface area contributed by atoms with Crippen LogP contribution >= 0.6 is 37.5 Å². The first-order valence-corrected chi connectivity index (χ1v) is 8.66. The normalized spacial score (nSPS) is 17.5. The van der Waals surface area contributed by atoms with Crippen LogP contribution in [0.2, 0.25) is 0 Å². The molecule has 1 aliphatic rings. The van der Waals surface area contributed by atoms with Gasteiger partial charge in [0, 0.05) is 35.6 Å². The van der Waals surface area contributed by atoms with Crippen LogP contribution in [0.1, 0.15) is 5.56 Å². The summed E-state index contributed by atoms with van der Waals surface area (Å²) in [5.41, 5.74) is 2.80. The predicted molar refractivity (Wildman–Crippen MR) is 76.2 cm³/mol. The lowest BCUT2D eigenvalue weighted by Gasteiger charge is -2.24. The maximum Gasteiger partial charge on any atom is 0.0407 e. The molecule has 0 spiro atoms. The Morgan fingerprint density at radius 3 is 2.47 bits per heavy atom. The molecule has 1 aromatic rings. The van der Waals surface area contributed by atoms with Crippen LogP contribution in [0.4, 0.5) is 5.69 Å². The number of halogens is 1. The van der Waals surface area contributed by atoms with Crippen LogP contribution < -0.4 is 4.90 Å². The van der Waals surface area contributed by atoms with Gasteiger partial charge in [0.05, 0.1) is 0 Å². The van der Waals surface area contributed by atoms with E-state index in [2.05, 4.69) is 45.1 Å². The van der Waals surface area contributed by atoms with Crippen molar-refractivity contribution < 1.29 is 0 Å². The van der Waals surface area contributed by atoms with Gasteiger partial charge in [-0.1, -0.05) is 55.7 Å². The van der Waals surface area contributed by atoms with Gasteiger partial charge in [0.15, 0.2) is 0 Å². The van der Waals surface area contributed by atoms with Crippen molar-refractivity contribution in [2.24, 2.45) is 0 Å². The van der Waals surface area contributed by atoms with Crippen molar-refractivity contribution in [3.8, 4) is 0 Å². The van der Waals surface area contributed by atoms with E-state index in [-0.39, 0.29) is 0 Å². The fourth-order valence-electron chi connectivity index (χ4n) is 1.70. The Balaban J connectivity index is 2.18. The summed E-state index contributed by atoms with van der Waals surface area (Å²) < 4.78 is 0. The maximum absolute atomic E-state index is 3.56. The predicted octanol–water partition coefficient (Wildman–Crippen LogP) is 3.78.